The highest BCUT2D eigenvalue weighted by atomic mass is 35.5. The smallest absolute Gasteiger partial charge is 0.335 e. The molecule has 20 heavy (non-hydrogen) atoms. The molecule has 2 N–H and O–H groups in total. The van der Waals surface area contributed by atoms with Gasteiger partial charge in [-0.15, -0.1) is 11.8 Å². The largest absolute Gasteiger partial charge is 0.478 e. The molecule has 0 aliphatic carbocycles. The van der Waals surface area contributed by atoms with Gasteiger partial charge in [0.05, 0.1) is 16.3 Å². The Kier molecular flexibility index (Phi) is 4.93. The molecule has 5 heteroatoms. The first-order chi connectivity index (χ1) is 9.60. The number of hydrogen-bond donors (Lipinski definition) is 2. The quantitative estimate of drug-likeness (QED) is 0.805. The molecule has 0 saturated heterocycles. The summed E-state index contributed by atoms with van der Waals surface area (Å²) in [6.07, 6.45) is 2.03. The van der Waals surface area contributed by atoms with E-state index in [1.54, 1.807) is 23.9 Å². The zero-order valence-corrected chi connectivity index (χ0v) is 12.5. The Morgan fingerprint density at radius 2 is 1.95 bits per heavy atom. The number of thioether (sulfide) groups is 1. The van der Waals surface area contributed by atoms with Crippen molar-refractivity contribution in [3.05, 3.63) is 58.6 Å². The topological polar surface area (TPSA) is 49.3 Å². The normalized spacial score (nSPS) is 10.3. The molecule has 2 rings (SSSR count). The van der Waals surface area contributed by atoms with Crippen molar-refractivity contribution in [2.24, 2.45) is 0 Å². The van der Waals surface area contributed by atoms with Crippen LogP contribution in [0.4, 0.5) is 5.69 Å². The Morgan fingerprint density at radius 1 is 1.25 bits per heavy atom. The van der Waals surface area contributed by atoms with Gasteiger partial charge in [-0.3, -0.25) is 0 Å². The molecule has 0 aliphatic heterocycles. The number of nitrogens with one attached hydrogen (secondary N) is 1. The van der Waals surface area contributed by atoms with Gasteiger partial charge in [0.1, 0.15) is 0 Å². The van der Waals surface area contributed by atoms with Crippen LogP contribution in [0.5, 0.6) is 0 Å². The average Bonchev–Trinajstić information content (AvgIpc) is 2.46. The summed E-state index contributed by atoms with van der Waals surface area (Å²) >= 11 is 7.75. The molecule has 0 bridgehead atoms. The van der Waals surface area contributed by atoms with Crippen LogP contribution in [-0.4, -0.2) is 17.3 Å². The highest BCUT2D eigenvalue weighted by molar-refractivity contribution is 7.98. The van der Waals surface area contributed by atoms with Crippen LogP contribution in [0.3, 0.4) is 0 Å². The minimum atomic E-state index is -0.964. The molecule has 0 fully saturated rings. The summed E-state index contributed by atoms with van der Waals surface area (Å²) < 4.78 is 0. The molecule has 0 saturated carbocycles. The number of benzene rings is 2. The first kappa shape index (κ1) is 14.8. The lowest BCUT2D eigenvalue weighted by Crippen LogP contribution is -2.02. The Morgan fingerprint density at radius 3 is 2.55 bits per heavy atom. The third-order valence-corrected chi connectivity index (χ3v) is 3.93. The summed E-state index contributed by atoms with van der Waals surface area (Å²) in [6, 6.07) is 12.8. The maximum absolute atomic E-state index is 10.9. The number of halogens is 1. The third-order valence-electron chi connectivity index (χ3n) is 2.86. The highest BCUT2D eigenvalue weighted by Crippen LogP contribution is 2.24. The highest BCUT2D eigenvalue weighted by Gasteiger charge is 2.07. The lowest BCUT2D eigenvalue weighted by molar-refractivity contribution is 0.0697. The molecule has 0 spiro atoms. The molecule has 3 nitrogen and oxygen atoms in total. The van der Waals surface area contributed by atoms with Crippen LogP contribution < -0.4 is 5.32 Å². The summed E-state index contributed by atoms with van der Waals surface area (Å²) in [5, 5.41) is 12.6. The van der Waals surface area contributed by atoms with E-state index in [9.17, 15) is 4.79 Å². The molecule has 2 aromatic carbocycles. The van der Waals surface area contributed by atoms with Gasteiger partial charge in [0.25, 0.3) is 0 Å². The van der Waals surface area contributed by atoms with Gasteiger partial charge >= 0.3 is 5.97 Å². The van der Waals surface area contributed by atoms with Gasteiger partial charge < -0.3 is 10.4 Å². The summed E-state index contributed by atoms with van der Waals surface area (Å²) in [4.78, 5) is 12.1. The number of carbonyl (C=O) groups is 1. The number of carboxylic acids is 1. The Bertz CT molecular complexity index is 614. The second kappa shape index (κ2) is 6.68. The number of aromatic carboxylic acids is 1. The molecule has 2 aromatic rings. The number of rotatable bonds is 5. The maximum atomic E-state index is 10.9. The lowest BCUT2D eigenvalue weighted by Gasteiger charge is -2.09. The second-order valence-electron chi connectivity index (χ2n) is 4.20. The van der Waals surface area contributed by atoms with Crippen molar-refractivity contribution >= 4 is 35.0 Å². The zero-order valence-electron chi connectivity index (χ0n) is 10.9. The van der Waals surface area contributed by atoms with E-state index in [0.29, 0.717) is 17.3 Å². The van der Waals surface area contributed by atoms with E-state index in [4.69, 9.17) is 16.7 Å². The molecule has 0 amide bonds. The number of carboxylic acid groups (broad SMARTS) is 1. The number of hydrogen-bond acceptors (Lipinski definition) is 3. The van der Waals surface area contributed by atoms with Gasteiger partial charge in [0.2, 0.25) is 0 Å². The molecule has 0 heterocycles. The van der Waals surface area contributed by atoms with Crippen molar-refractivity contribution in [1.82, 2.24) is 0 Å². The first-order valence-electron chi connectivity index (χ1n) is 6.00. The standard InChI is InChI=1S/C15H14ClNO2S/c1-20-12-5-2-10(3-6-12)9-17-14-8-11(15(18)19)4-7-13(14)16/h2-8,17H,9H2,1H3,(H,18,19). The van der Waals surface area contributed by atoms with E-state index >= 15 is 0 Å². The molecule has 104 valence electrons. The van der Waals surface area contributed by atoms with E-state index in [1.807, 2.05) is 18.4 Å². The molecule has 0 aliphatic rings. The van der Waals surface area contributed by atoms with Crippen molar-refractivity contribution in [2.45, 2.75) is 11.4 Å². The molecule has 0 aromatic heterocycles. The molecular weight excluding hydrogens is 294 g/mol. The third kappa shape index (κ3) is 3.68. The van der Waals surface area contributed by atoms with Crippen LogP contribution >= 0.6 is 23.4 Å². The lowest BCUT2D eigenvalue weighted by atomic mass is 10.2. The van der Waals surface area contributed by atoms with Gasteiger partial charge in [0, 0.05) is 11.4 Å². The van der Waals surface area contributed by atoms with Crippen molar-refractivity contribution in [3.63, 3.8) is 0 Å². The fraction of sp³-hybridized carbons (Fsp3) is 0.133. The number of anilines is 1. The Labute approximate surface area is 127 Å². The van der Waals surface area contributed by atoms with Gasteiger partial charge in [-0.05, 0) is 42.2 Å². The van der Waals surface area contributed by atoms with Crippen LogP contribution in [0, 0.1) is 0 Å². The molecular formula is C15H14ClNO2S. The first-order valence-corrected chi connectivity index (χ1v) is 7.60. The molecule has 0 unspecified atom stereocenters. The van der Waals surface area contributed by atoms with E-state index in [-0.39, 0.29) is 5.56 Å². The predicted molar refractivity (Wildman–Crippen MR) is 84.0 cm³/mol. The van der Waals surface area contributed by atoms with Crippen LogP contribution in [0.25, 0.3) is 0 Å². The Balaban J connectivity index is 2.09. The van der Waals surface area contributed by atoms with E-state index in [2.05, 4.69) is 17.4 Å². The van der Waals surface area contributed by atoms with Crippen LogP contribution in [-0.2, 0) is 6.54 Å². The monoisotopic (exact) mass is 307 g/mol. The van der Waals surface area contributed by atoms with Crippen LogP contribution in [0.15, 0.2) is 47.4 Å². The maximum Gasteiger partial charge on any atom is 0.335 e. The summed E-state index contributed by atoms with van der Waals surface area (Å²) in [5.74, 6) is -0.964. The minimum Gasteiger partial charge on any atom is -0.478 e. The molecule has 0 atom stereocenters. The summed E-state index contributed by atoms with van der Waals surface area (Å²) in [5.41, 5.74) is 1.95. The van der Waals surface area contributed by atoms with Crippen molar-refractivity contribution < 1.29 is 9.90 Å². The van der Waals surface area contributed by atoms with Gasteiger partial charge in [-0.25, -0.2) is 4.79 Å². The van der Waals surface area contributed by atoms with E-state index < -0.39 is 5.97 Å². The Hall–Kier alpha value is -1.65. The van der Waals surface area contributed by atoms with Gasteiger partial charge in [-0.1, -0.05) is 23.7 Å². The summed E-state index contributed by atoms with van der Waals surface area (Å²) in [7, 11) is 0. The fourth-order valence-corrected chi connectivity index (χ4v) is 2.33. The van der Waals surface area contributed by atoms with Crippen molar-refractivity contribution in [3.8, 4) is 0 Å². The fourth-order valence-electron chi connectivity index (χ4n) is 1.73. The van der Waals surface area contributed by atoms with Crippen LogP contribution in [0.2, 0.25) is 5.02 Å². The van der Waals surface area contributed by atoms with Crippen molar-refractivity contribution in [1.29, 1.82) is 0 Å². The second-order valence-corrected chi connectivity index (χ2v) is 5.49. The SMILES string of the molecule is CSc1ccc(CNc2cc(C(=O)O)ccc2Cl)cc1. The average molecular weight is 308 g/mol. The summed E-state index contributed by atoms with van der Waals surface area (Å²) in [6.45, 7) is 0.595. The van der Waals surface area contributed by atoms with Crippen LogP contribution in [0.1, 0.15) is 15.9 Å². The van der Waals surface area contributed by atoms with Gasteiger partial charge in [0.15, 0.2) is 0 Å². The predicted octanol–water partition coefficient (Wildman–Crippen LogP) is 4.37. The van der Waals surface area contributed by atoms with Crippen molar-refractivity contribution in [2.75, 3.05) is 11.6 Å². The van der Waals surface area contributed by atoms with E-state index in [1.165, 1.54) is 11.0 Å². The van der Waals surface area contributed by atoms with Gasteiger partial charge in [-0.2, -0.15) is 0 Å². The van der Waals surface area contributed by atoms with E-state index in [0.717, 1.165) is 5.56 Å². The minimum absolute atomic E-state index is 0.217. The molecule has 0 radical (unpaired) electrons. The zero-order chi connectivity index (χ0) is 14.5.